The Morgan fingerprint density at radius 2 is 1.74 bits per heavy atom. The van der Waals surface area contributed by atoms with Crippen molar-refractivity contribution in [3.63, 3.8) is 0 Å². The van der Waals surface area contributed by atoms with Gasteiger partial charge in [-0.05, 0) is 36.6 Å². The van der Waals surface area contributed by atoms with Crippen molar-refractivity contribution in [1.29, 1.82) is 0 Å². The van der Waals surface area contributed by atoms with E-state index in [-0.39, 0.29) is 11.8 Å². The summed E-state index contributed by atoms with van der Waals surface area (Å²) in [6.07, 6.45) is 2.32. The third kappa shape index (κ3) is 3.59. The van der Waals surface area contributed by atoms with Crippen molar-refractivity contribution in [2.75, 3.05) is 18.0 Å². The number of nitrogens with zero attached hydrogens (tertiary/aromatic N) is 1. The Kier molecular flexibility index (Phi) is 4.71. The molecule has 0 spiro atoms. The second-order valence-electron chi connectivity index (χ2n) is 5.65. The number of benzene rings is 2. The van der Waals surface area contributed by atoms with Gasteiger partial charge >= 0.3 is 0 Å². The number of fused-ring (bicyclic) bond motifs is 1. The van der Waals surface area contributed by atoms with Gasteiger partial charge in [0.2, 0.25) is 5.91 Å². The number of aryl methyl sites for hydroxylation is 1. The lowest BCUT2D eigenvalue weighted by Crippen LogP contribution is -2.37. The highest BCUT2D eigenvalue weighted by Crippen LogP contribution is 2.26. The first-order valence-corrected chi connectivity index (χ1v) is 7.97. The van der Waals surface area contributed by atoms with Gasteiger partial charge in [0.25, 0.3) is 5.91 Å². The van der Waals surface area contributed by atoms with Crippen molar-refractivity contribution in [3.8, 4) is 0 Å². The molecule has 3 rings (SSSR count). The molecule has 1 heterocycles. The maximum atomic E-state index is 12.5. The molecule has 0 bridgehead atoms. The van der Waals surface area contributed by atoms with Crippen LogP contribution in [-0.4, -0.2) is 24.9 Å². The number of carbonyl (C=O) groups is 2. The Labute approximate surface area is 136 Å². The first-order chi connectivity index (χ1) is 11.3. The summed E-state index contributed by atoms with van der Waals surface area (Å²) >= 11 is 0. The number of hydrogen-bond donors (Lipinski definition) is 1. The molecular formula is C19H20N2O2. The van der Waals surface area contributed by atoms with Gasteiger partial charge < -0.3 is 10.2 Å². The first kappa shape index (κ1) is 15.3. The van der Waals surface area contributed by atoms with Crippen LogP contribution in [0.15, 0.2) is 54.6 Å². The SMILES string of the molecule is O=C(NCCC(=O)N1CCCc2ccccc21)c1ccccc1. The highest BCUT2D eigenvalue weighted by atomic mass is 16.2. The van der Waals surface area contributed by atoms with Crippen LogP contribution in [0.25, 0.3) is 0 Å². The van der Waals surface area contributed by atoms with Crippen LogP contribution < -0.4 is 10.2 Å². The fourth-order valence-corrected chi connectivity index (χ4v) is 2.90. The molecule has 23 heavy (non-hydrogen) atoms. The summed E-state index contributed by atoms with van der Waals surface area (Å²) in [4.78, 5) is 26.3. The maximum absolute atomic E-state index is 12.5. The molecule has 4 heteroatoms. The quantitative estimate of drug-likeness (QED) is 0.944. The van der Waals surface area contributed by atoms with Gasteiger partial charge in [0, 0.05) is 30.8 Å². The largest absolute Gasteiger partial charge is 0.352 e. The maximum Gasteiger partial charge on any atom is 0.251 e. The Morgan fingerprint density at radius 3 is 2.57 bits per heavy atom. The first-order valence-electron chi connectivity index (χ1n) is 7.97. The average molecular weight is 308 g/mol. The van der Waals surface area contributed by atoms with Gasteiger partial charge in [0.05, 0.1) is 0 Å². The number of carbonyl (C=O) groups excluding carboxylic acids is 2. The van der Waals surface area contributed by atoms with Gasteiger partial charge in [-0.15, -0.1) is 0 Å². The fraction of sp³-hybridized carbons (Fsp3) is 0.263. The Hall–Kier alpha value is -2.62. The summed E-state index contributed by atoms with van der Waals surface area (Å²) in [5.41, 5.74) is 2.85. The van der Waals surface area contributed by atoms with E-state index in [2.05, 4.69) is 11.4 Å². The molecule has 2 aromatic carbocycles. The molecule has 1 N–H and O–H groups in total. The summed E-state index contributed by atoms with van der Waals surface area (Å²) in [5.74, 6) is -0.0806. The molecule has 0 aromatic heterocycles. The second-order valence-corrected chi connectivity index (χ2v) is 5.65. The Balaban J connectivity index is 1.55. The molecule has 0 atom stereocenters. The van der Waals surface area contributed by atoms with E-state index in [9.17, 15) is 9.59 Å². The molecule has 0 saturated carbocycles. The average Bonchev–Trinajstić information content (AvgIpc) is 2.61. The van der Waals surface area contributed by atoms with Crippen LogP contribution in [0.4, 0.5) is 5.69 Å². The lowest BCUT2D eigenvalue weighted by atomic mass is 10.0. The molecule has 1 aliphatic heterocycles. The number of rotatable bonds is 4. The predicted molar refractivity (Wildman–Crippen MR) is 90.5 cm³/mol. The topological polar surface area (TPSA) is 49.4 Å². The third-order valence-corrected chi connectivity index (χ3v) is 4.07. The summed E-state index contributed by atoms with van der Waals surface area (Å²) in [6.45, 7) is 1.10. The molecule has 2 aromatic rings. The lowest BCUT2D eigenvalue weighted by Gasteiger charge is -2.29. The lowest BCUT2D eigenvalue weighted by molar-refractivity contribution is -0.118. The van der Waals surface area contributed by atoms with E-state index in [1.807, 2.05) is 41.3 Å². The normalized spacial score (nSPS) is 13.3. The third-order valence-electron chi connectivity index (χ3n) is 4.07. The molecule has 0 aliphatic carbocycles. The van der Waals surface area contributed by atoms with Gasteiger partial charge in [0.15, 0.2) is 0 Å². The minimum atomic E-state index is -0.141. The van der Waals surface area contributed by atoms with Crippen molar-refractivity contribution in [2.24, 2.45) is 0 Å². The van der Waals surface area contributed by atoms with Crippen molar-refractivity contribution in [2.45, 2.75) is 19.3 Å². The summed E-state index contributed by atoms with van der Waals surface area (Å²) in [7, 11) is 0. The van der Waals surface area contributed by atoms with E-state index in [4.69, 9.17) is 0 Å². The number of para-hydroxylation sites is 1. The van der Waals surface area contributed by atoms with Crippen molar-refractivity contribution >= 4 is 17.5 Å². The van der Waals surface area contributed by atoms with E-state index in [1.54, 1.807) is 12.1 Å². The minimum absolute atomic E-state index is 0.0607. The van der Waals surface area contributed by atoms with Gasteiger partial charge in [0.1, 0.15) is 0 Å². The Bertz CT molecular complexity index is 698. The van der Waals surface area contributed by atoms with Crippen LogP contribution in [0, 0.1) is 0 Å². The molecule has 0 fully saturated rings. The molecule has 2 amide bonds. The molecule has 0 saturated heterocycles. The van der Waals surface area contributed by atoms with E-state index in [1.165, 1.54) is 5.56 Å². The van der Waals surface area contributed by atoms with Gasteiger partial charge in [-0.25, -0.2) is 0 Å². The van der Waals surface area contributed by atoms with Crippen LogP contribution in [-0.2, 0) is 11.2 Å². The van der Waals surface area contributed by atoms with E-state index in [0.29, 0.717) is 18.5 Å². The van der Waals surface area contributed by atoms with E-state index < -0.39 is 0 Å². The molecule has 1 aliphatic rings. The summed E-state index contributed by atoms with van der Waals surface area (Å²) in [6, 6.07) is 17.1. The smallest absolute Gasteiger partial charge is 0.251 e. The van der Waals surface area contributed by atoms with Crippen LogP contribution in [0.2, 0.25) is 0 Å². The van der Waals surface area contributed by atoms with Crippen LogP contribution in [0.3, 0.4) is 0 Å². The minimum Gasteiger partial charge on any atom is -0.352 e. The van der Waals surface area contributed by atoms with Crippen LogP contribution in [0.5, 0.6) is 0 Å². The summed E-state index contributed by atoms with van der Waals surface area (Å²) < 4.78 is 0. The van der Waals surface area contributed by atoms with Gasteiger partial charge in [-0.2, -0.15) is 0 Å². The molecule has 4 nitrogen and oxygen atoms in total. The van der Waals surface area contributed by atoms with E-state index >= 15 is 0 Å². The molecular weight excluding hydrogens is 288 g/mol. The zero-order chi connectivity index (χ0) is 16.1. The number of hydrogen-bond acceptors (Lipinski definition) is 2. The molecule has 0 radical (unpaired) electrons. The van der Waals surface area contributed by atoms with Crippen LogP contribution >= 0.6 is 0 Å². The monoisotopic (exact) mass is 308 g/mol. The molecule has 118 valence electrons. The standard InChI is InChI=1S/C19H20N2O2/c22-18(12-13-20-19(23)16-8-2-1-3-9-16)21-14-6-10-15-7-4-5-11-17(15)21/h1-5,7-9,11H,6,10,12-14H2,(H,20,23). The number of nitrogens with one attached hydrogen (secondary N) is 1. The number of amides is 2. The predicted octanol–water partition coefficient (Wildman–Crippen LogP) is 2.79. The van der Waals surface area contributed by atoms with Gasteiger partial charge in [-0.3, -0.25) is 9.59 Å². The van der Waals surface area contributed by atoms with Crippen molar-refractivity contribution < 1.29 is 9.59 Å². The fourth-order valence-electron chi connectivity index (χ4n) is 2.90. The highest BCUT2D eigenvalue weighted by Gasteiger charge is 2.21. The summed E-state index contributed by atoms with van der Waals surface area (Å²) in [5, 5.41) is 2.81. The van der Waals surface area contributed by atoms with Crippen molar-refractivity contribution in [1.82, 2.24) is 5.32 Å². The number of anilines is 1. The highest BCUT2D eigenvalue weighted by molar-refractivity contribution is 5.96. The Morgan fingerprint density at radius 1 is 1.00 bits per heavy atom. The van der Waals surface area contributed by atoms with Crippen molar-refractivity contribution in [3.05, 3.63) is 65.7 Å². The van der Waals surface area contributed by atoms with Gasteiger partial charge in [-0.1, -0.05) is 36.4 Å². The molecule has 0 unspecified atom stereocenters. The zero-order valence-electron chi connectivity index (χ0n) is 13.0. The second kappa shape index (κ2) is 7.09. The zero-order valence-corrected chi connectivity index (χ0v) is 13.0. The van der Waals surface area contributed by atoms with Crippen LogP contribution in [0.1, 0.15) is 28.8 Å². The van der Waals surface area contributed by atoms with E-state index in [0.717, 1.165) is 25.1 Å².